The van der Waals surface area contributed by atoms with E-state index in [1.165, 1.54) is 0 Å². The molecule has 0 aliphatic heterocycles. The summed E-state index contributed by atoms with van der Waals surface area (Å²) in [6, 6.07) is 0.176. The zero-order chi connectivity index (χ0) is 11.2. The summed E-state index contributed by atoms with van der Waals surface area (Å²) in [7, 11) is 0. The van der Waals surface area contributed by atoms with Crippen LogP contribution in [0.2, 0.25) is 0 Å². The van der Waals surface area contributed by atoms with E-state index in [1.54, 1.807) is 0 Å². The molecule has 1 atom stereocenters. The summed E-state index contributed by atoms with van der Waals surface area (Å²) < 4.78 is 0. The largest absolute Gasteiger partial charge is 0.327 e. The van der Waals surface area contributed by atoms with Gasteiger partial charge in [-0.25, -0.2) is 0 Å². The molecule has 0 fully saturated rings. The first-order chi connectivity index (χ1) is 6.44. The molecule has 2 N–H and O–H groups in total. The van der Waals surface area contributed by atoms with Crippen molar-refractivity contribution in [2.24, 2.45) is 5.73 Å². The van der Waals surface area contributed by atoms with Crippen LogP contribution in [0.3, 0.4) is 0 Å². The molecule has 14 heavy (non-hydrogen) atoms. The Labute approximate surface area is 88.9 Å². The summed E-state index contributed by atoms with van der Waals surface area (Å²) in [6.07, 6.45) is 0.782. The molecule has 0 aromatic heterocycles. The van der Waals surface area contributed by atoms with E-state index in [0.29, 0.717) is 0 Å². The zero-order valence-electron chi connectivity index (χ0n) is 10.2. The summed E-state index contributed by atoms with van der Waals surface area (Å²) in [6.45, 7) is 12.7. The average molecular weight is 196 g/mol. The van der Waals surface area contributed by atoms with E-state index < -0.39 is 0 Å². The van der Waals surface area contributed by atoms with Crippen LogP contribution in [0.4, 0.5) is 0 Å². The fourth-order valence-corrected chi connectivity index (χ4v) is 1.52. The molecule has 0 bridgehead atoms. The average Bonchev–Trinajstić information content (AvgIpc) is 2.04. The van der Waals surface area contributed by atoms with Crippen LogP contribution in [0.5, 0.6) is 0 Å². The van der Waals surface area contributed by atoms with Crippen LogP contribution in [0, 0.1) is 11.8 Å². The lowest BCUT2D eigenvalue weighted by atomic mass is 10.0. The van der Waals surface area contributed by atoms with Gasteiger partial charge in [-0.1, -0.05) is 25.7 Å². The maximum atomic E-state index is 5.65. The molecular weight excluding hydrogens is 172 g/mol. The topological polar surface area (TPSA) is 29.3 Å². The number of nitrogens with two attached hydrogens (primary N) is 1. The number of rotatable bonds is 4. The van der Waals surface area contributed by atoms with E-state index in [9.17, 15) is 0 Å². The third-order valence-electron chi connectivity index (χ3n) is 2.37. The molecule has 1 unspecified atom stereocenters. The Balaban J connectivity index is 4.34. The predicted octanol–water partition coefficient (Wildman–Crippen LogP) is 1.85. The van der Waals surface area contributed by atoms with Crippen molar-refractivity contribution in [3.63, 3.8) is 0 Å². The smallest absolute Gasteiger partial charge is 0.0768 e. The van der Waals surface area contributed by atoms with Gasteiger partial charge in [-0.15, -0.1) is 0 Å². The first kappa shape index (κ1) is 13.5. The third-order valence-corrected chi connectivity index (χ3v) is 2.37. The van der Waals surface area contributed by atoms with Gasteiger partial charge in [0, 0.05) is 12.5 Å². The maximum absolute atomic E-state index is 5.65. The van der Waals surface area contributed by atoms with E-state index in [2.05, 4.69) is 44.4 Å². The molecule has 0 amide bonds. The monoisotopic (exact) mass is 196 g/mol. The van der Waals surface area contributed by atoms with Crippen LogP contribution >= 0.6 is 0 Å². The van der Waals surface area contributed by atoms with Crippen LogP contribution in [0.15, 0.2) is 0 Å². The Bertz CT molecular complexity index is 204. The third kappa shape index (κ3) is 4.64. The van der Waals surface area contributed by atoms with Crippen molar-refractivity contribution in [1.29, 1.82) is 0 Å². The molecule has 0 aliphatic rings. The molecule has 0 aliphatic carbocycles. The number of nitrogens with zero attached hydrogens (tertiary/aromatic N) is 1. The summed E-state index contributed by atoms with van der Waals surface area (Å²) in [5.74, 6) is 6.45. The Morgan fingerprint density at radius 3 is 2.14 bits per heavy atom. The van der Waals surface area contributed by atoms with Crippen molar-refractivity contribution < 1.29 is 0 Å². The number of hydrogen-bond acceptors (Lipinski definition) is 2. The van der Waals surface area contributed by atoms with Crippen LogP contribution in [0.25, 0.3) is 0 Å². The Morgan fingerprint density at radius 1 is 1.29 bits per heavy atom. The highest BCUT2D eigenvalue weighted by Crippen LogP contribution is 2.12. The summed E-state index contributed by atoms with van der Waals surface area (Å²) in [4.78, 5) is 2.35. The molecule has 0 aromatic rings. The standard InChI is InChI=1S/C12H24N2/c1-6-14(7-2)12(4,5)10-8-9-11(3)13/h11H,6-7,9,13H2,1-5H3. The molecule has 0 radical (unpaired) electrons. The van der Waals surface area contributed by atoms with Crippen molar-refractivity contribution in [2.75, 3.05) is 13.1 Å². The molecule has 0 saturated heterocycles. The summed E-state index contributed by atoms with van der Waals surface area (Å²) in [5, 5.41) is 0. The highest BCUT2D eigenvalue weighted by atomic mass is 15.2. The molecule has 0 aromatic carbocycles. The second-order valence-electron chi connectivity index (χ2n) is 4.21. The van der Waals surface area contributed by atoms with Gasteiger partial charge in [-0.2, -0.15) is 0 Å². The van der Waals surface area contributed by atoms with Gasteiger partial charge in [0.25, 0.3) is 0 Å². The van der Waals surface area contributed by atoms with Gasteiger partial charge in [0.1, 0.15) is 0 Å². The fraction of sp³-hybridized carbons (Fsp3) is 0.833. The fourth-order valence-electron chi connectivity index (χ4n) is 1.52. The highest BCUT2D eigenvalue weighted by molar-refractivity contribution is 5.15. The van der Waals surface area contributed by atoms with Crippen molar-refractivity contribution >= 4 is 0 Å². The van der Waals surface area contributed by atoms with Crippen molar-refractivity contribution in [3.05, 3.63) is 0 Å². The van der Waals surface area contributed by atoms with E-state index in [0.717, 1.165) is 19.5 Å². The quantitative estimate of drug-likeness (QED) is 0.695. The lowest BCUT2D eigenvalue weighted by Gasteiger charge is -2.32. The second kappa shape index (κ2) is 6.06. The van der Waals surface area contributed by atoms with Crippen molar-refractivity contribution in [2.45, 2.75) is 52.6 Å². The SMILES string of the molecule is CCN(CC)C(C)(C)C#CCC(C)N. The van der Waals surface area contributed by atoms with E-state index in [-0.39, 0.29) is 11.6 Å². The van der Waals surface area contributed by atoms with E-state index in [1.807, 2.05) is 6.92 Å². The second-order valence-corrected chi connectivity index (χ2v) is 4.21. The van der Waals surface area contributed by atoms with Gasteiger partial charge in [0.05, 0.1) is 5.54 Å². The minimum absolute atomic E-state index is 0.0294. The Kier molecular flexibility index (Phi) is 5.83. The maximum Gasteiger partial charge on any atom is 0.0768 e. The van der Waals surface area contributed by atoms with Gasteiger partial charge in [0.2, 0.25) is 0 Å². The Hall–Kier alpha value is -0.520. The highest BCUT2D eigenvalue weighted by Gasteiger charge is 2.20. The predicted molar refractivity (Wildman–Crippen MR) is 63.0 cm³/mol. The minimum Gasteiger partial charge on any atom is -0.327 e. The molecule has 2 heteroatoms. The van der Waals surface area contributed by atoms with E-state index >= 15 is 0 Å². The molecule has 2 nitrogen and oxygen atoms in total. The normalized spacial score (nSPS) is 13.6. The summed E-state index contributed by atoms with van der Waals surface area (Å²) in [5.41, 5.74) is 5.62. The molecule has 0 saturated carbocycles. The lowest BCUT2D eigenvalue weighted by molar-refractivity contribution is 0.189. The zero-order valence-corrected chi connectivity index (χ0v) is 10.2. The van der Waals surface area contributed by atoms with Crippen molar-refractivity contribution in [3.8, 4) is 11.8 Å². The summed E-state index contributed by atoms with van der Waals surface area (Å²) >= 11 is 0. The van der Waals surface area contributed by atoms with Gasteiger partial charge < -0.3 is 5.73 Å². The first-order valence-electron chi connectivity index (χ1n) is 5.44. The van der Waals surface area contributed by atoms with E-state index in [4.69, 9.17) is 5.73 Å². The van der Waals surface area contributed by atoms with Crippen LogP contribution in [-0.4, -0.2) is 29.6 Å². The van der Waals surface area contributed by atoms with Crippen molar-refractivity contribution in [1.82, 2.24) is 4.90 Å². The molecule has 82 valence electrons. The minimum atomic E-state index is -0.0294. The van der Waals surface area contributed by atoms with Gasteiger partial charge in [-0.3, -0.25) is 4.90 Å². The molecule has 0 rings (SSSR count). The van der Waals surface area contributed by atoms with Gasteiger partial charge >= 0.3 is 0 Å². The van der Waals surface area contributed by atoms with Gasteiger partial charge in [-0.05, 0) is 33.9 Å². The van der Waals surface area contributed by atoms with Crippen LogP contribution in [-0.2, 0) is 0 Å². The molecule has 0 spiro atoms. The first-order valence-corrected chi connectivity index (χ1v) is 5.44. The molecular formula is C12H24N2. The van der Waals surface area contributed by atoms with Crippen LogP contribution in [0.1, 0.15) is 41.0 Å². The van der Waals surface area contributed by atoms with Gasteiger partial charge in [0.15, 0.2) is 0 Å². The Morgan fingerprint density at radius 2 is 1.79 bits per heavy atom. The molecule has 0 heterocycles. The lowest BCUT2D eigenvalue weighted by Crippen LogP contribution is -2.42. The van der Waals surface area contributed by atoms with Crippen LogP contribution < -0.4 is 5.73 Å². The number of hydrogen-bond donors (Lipinski definition) is 1.